The number of hydrogen-bond acceptors (Lipinski definition) is 4. The van der Waals surface area contributed by atoms with E-state index >= 15 is 0 Å². The van der Waals surface area contributed by atoms with Gasteiger partial charge in [-0.1, -0.05) is 31.0 Å². The maximum Gasteiger partial charge on any atom is 0.165 e. The fourth-order valence-electron chi connectivity index (χ4n) is 5.27. The van der Waals surface area contributed by atoms with E-state index < -0.39 is 0 Å². The second-order valence-electron chi connectivity index (χ2n) is 8.80. The van der Waals surface area contributed by atoms with E-state index in [-0.39, 0.29) is 12.4 Å². The van der Waals surface area contributed by atoms with Crippen molar-refractivity contribution in [2.24, 2.45) is 0 Å². The summed E-state index contributed by atoms with van der Waals surface area (Å²) in [5, 5.41) is 5.03. The van der Waals surface area contributed by atoms with Crippen molar-refractivity contribution >= 4 is 23.9 Å². The largest absolute Gasteiger partial charge is 0.383 e. The van der Waals surface area contributed by atoms with Crippen LogP contribution in [0, 0.1) is 34.6 Å². The molecule has 31 heavy (non-hydrogen) atoms. The van der Waals surface area contributed by atoms with Crippen LogP contribution >= 0.6 is 12.4 Å². The van der Waals surface area contributed by atoms with Gasteiger partial charge < -0.3 is 9.64 Å². The van der Waals surface area contributed by atoms with Gasteiger partial charge in [-0.25, -0.2) is 4.98 Å². The van der Waals surface area contributed by atoms with Gasteiger partial charge in [0.25, 0.3) is 0 Å². The molecule has 6 heteroatoms. The second-order valence-corrected chi connectivity index (χ2v) is 8.80. The van der Waals surface area contributed by atoms with Gasteiger partial charge in [-0.05, 0) is 64.2 Å². The zero-order chi connectivity index (χ0) is 21.6. The number of nitrogens with zero attached hydrogens (tertiary/aromatic N) is 4. The normalized spacial score (nSPS) is 15.5. The van der Waals surface area contributed by atoms with Gasteiger partial charge in [0, 0.05) is 31.0 Å². The third-order valence-electron chi connectivity index (χ3n) is 6.45. The van der Waals surface area contributed by atoms with Crippen LogP contribution < -0.4 is 4.90 Å². The molecule has 1 aromatic carbocycles. The molecule has 3 heterocycles. The first-order chi connectivity index (χ1) is 14.4. The molecule has 0 N–H and O–H groups in total. The van der Waals surface area contributed by atoms with Crippen LogP contribution in [-0.2, 0) is 11.2 Å². The molecule has 0 amide bonds. The zero-order valence-electron chi connectivity index (χ0n) is 19.9. The van der Waals surface area contributed by atoms with Gasteiger partial charge in [0.2, 0.25) is 0 Å². The van der Waals surface area contributed by atoms with Crippen LogP contribution in [0.25, 0.3) is 16.8 Å². The highest BCUT2D eigenvalue weighted by molar-refractivity contribution is 5.86. The van der Waals surface area contributed by atoms with Crippen molar-refractivity contribution in [2.45, 2.75) is 66.8 Å². The number of aromatic nitrogens is 3. The number of hydrogen-bond donors (Lipinski definition) is 0. The van der Waals surface area contributed by atoms with Gasteiger partial charge in [0.05, 0.1) is 17.9 Å². The summed E-state index contributed by atoms with van der Waals surface area (Å²) in [5.41, 5.74) is 10.8. The molecule has 5 nitrogen and oxygen atoms in total. The van der Waals surface area contributed by atoms with Crippen LogP contribution in [-0.4, -0.2) is 40.9 Å². The smallest absolute Gasteiger partial charge is 0.165 e. The van der Waals surface area contributed by atoms with Gasteiger partial charge in [-0.3, -0.25) is 0 Å². The topological polar surface area (TPSA) is 42.7 Å². The van der Waals surface area contributed by atoms with Crippen LogP contribution in [0.2, 0.25) is 0 Å². The van der Waals surface area contributed by atoms with Gasteiger partial charge in [-0.2, -0.15) is 9.61 Å². The van der Waals surface area contributed by atoms with Gasteiger partial charge in [0.1, 0.15) is 5.82 Å². The molecule has 168 valence electrons. The van der Waals surface area contributed by atoms with Crippen LogP contribution in [0.1, 0.15) is 53.4 Å². The van der Waals surface area contributed by atoms with Crippen LogP contribution in [0.4, 0.5) is 5.82 Å². The molecule has 1 atom stereocenters. The molecule has 2 aromatic heterocycles. The van der Waals surface area contributed by atoms with E-state index in [1.165, 1.54) is 52.0 Å². The van der Waals surface area contributed by atoms with E-state index in [2.05, 4.69) is 63.1 Å². The minimum Gasteiger partial charge on any atom is -0.383 e. The van der Waals surface area contributed by atoms with E-state index in [9.17, 15) is 0 Å². The lowest BCUT2D eigenvalue weighted by atomic mass is 9.94. The molecule has 0 radical (unpaired) electrons. The summed E-state index contributed by atoms with van der Waals surface area (Å²) in [6.07, 6.45) is 3.38. The fourth-order valence-corrected chi connectivity index (χ4v) is 5.27. The lowest BCUT2D eigenvalue weighted by Crippen LogP contribution is -2.35. The minimum absolute atomic E-state index is 0. The number of fused-ring (bicyclic) bond motifs is 3. The Morgan fingerprint density at radius 2 is 1.71 bits per heavy atom. The highest BCUT2D eigenvalue weighted by Crippen LogP contribution is 2.40. The predicted octanol–water partition coefficient (Wildman–Crippen LogP) is 5.54. The summed E-state index contributed by atoms with van der Waals surface area (Å²) >= 11 is 0. The van der Waals surface area contributed by atoms with Crippen molar-refractivity contribution in [3.8, 4) is 11.1 Å². The van der Waals surface area contributed by atoms with Crippen molar-refractivity contribution in [3.63, 3.8) is 0 Å². The summed E-state index contributed by atoms with van der Waals surface area (Å²) in [7, 11) is 1.78. The van der Waals surface area contributed by atoms with Gasteiger partial charge in [-0.15, -0.1) is 12.4 Å². The molecule has 4 rings (SSSR count). The summed E-state index contributed by atoms with van der Waals surface area (Å²) in [6.45, 7) is 14.7. The number of anilines is 1. The summed E-state index contributed by atoms with van der Waals surface area (Å²) in [6, 6.07) is 5.00. The lowest BCUT2D eigenvalue weighted by molar-refractivity contribution is 0.203. The number of benzene rings is 1. The first-order valence-electron chi connectivity index (χ1n) is 11.1. The Morgan fingerprint density at radius 3 is 2.32 bits per heavy atom. The first kappa shape index (κ1) is 23.6. The molecular formula is C25H35ClN4O. The molecule has 3 aromatic rings. The zero-order valence-corrected chi connectivity index (χ0v) is 20.7. The van der Waals surface area contributed by atoms with Crippen LogP contribution in [0.3, 0.4) is 0 Å². The molecule has 1 aliphatic rings. The number of rotatable bonds is 6. The van der Waals surface area contributed by atoms with Crippen molar-refractivity contribution in [1.29, 1.82) is 0 Å². The molecule has 0 fully saturated rings. The number of methoxy groups -OCH3 is 1. The maximum atomic E-state index is 5.44. The lowest BCUT2D eigenvalue weighted by Gasteiger charge is -2.27. The summed E-state index contributed by atoms with van der Waals surface area (Å²) in [5.74, 6) is 1.21. The second kappa shape index (κ2) is 9.17. The Balaban J connectivity index is 0.00000272. The third kappa shape index (κ3) is 3.94. The molecular weight excluding hydrogens is 408 g/mol. The van der Waals surface area contributed by atoms with E-state index in [0.29, 0.717) is 12.6 Å². The quantitative estimate of drug-likeness (QED) is 0.502. The molecule has 0 saturated heterocycles. The summed E-state index contributed by atoms with van der Waals surface area (Å²) in [4.78, 5) is 7.61. The number of ether oxygens (including phenoxy) is 1. The van der Waals surface area contributed by atoms with Gasteiger partial charge in [0.15, 0.2) is 5.65 Å². The Bertz CT molecular complexity index is 1080. The Kier molecular flexibility index (Phi) is 6.97. The Labute approximate surface area is 192 Å². The average molecular weight is 443 g/mol. The van der Waals surface area contributed by atoms with E-state index in [1.807, 2.05) is 0 Å². The average Bonchev–Trinajstić information content (AvgIpc) is 3.18. The van der Waals surface area contributed by atoms with E-state index in [0.717, 1.165) is 30.0 Å². The monoisotopic (exact) mass is 442 g/mol. The molecule has 1 unspecified atom stereocenters. The molecule has 0 saturated carbocycles. The standard InChI is InChI=1S/C25H34N4O.ClH/c1-8-9-20-14-21-18(5)26-24-23(22-16(3)12-15(2)13-17(22)4)19(6)27-29(24)25(21)28(20)10-11-30-7;/h12-13,20H,8-11,14H2,1-7H3;1H. The van der Waals surface area contributed by atoms with Gasteiger partial charge >= 0.3 is 0 Å². The number of aryl methyl sites for hydroxylation is 5. The predicted molar refractivity (Wildman–Crippen MR) is 131 cm³/mol. The molecule has 0 aliphatic carbocycles. The van der Waals surface area contributed by atoms with E-state index in [1.54, 1.807) is 7.11 Å². The van der Waals surface area contributed by atoms with Crippen LogP contribution in [0.5, 0.6) is 0 Å². The first-order valence-corrected chi connectivity index (χ1v) is 11.1. The fraction of sp³-hybridized carbons (Fsp3) is 0.520. The van der Waals surface area contributed by atoms with Crippen LogP contribution in [0.15, 0.2) is 12.1 Å². The summed E-state index contributed by atoms with van der Waals surface area (Å²) < 4.78 is 7.55. The molecule has 1 aliphatic heterocycles. The SMILES string of the molecule is CCCC1Cc2c(C)nc3c(-c4c(C)cc(C)cc4C)c(C)nn3c2N1CCOC.Cl. The van der Waals surface area contributed by atoms with Crippen molar-refractivity contribution in [1.82, 2.24) is 14.6 Å². The maximum absolute atomic E-state index is 5.44. The Morgan fingerprint density at radius 1 is 1.03 bits per heavy atom. The number of halogens is 1. The highest BCUT2D eigenvalue weighted by atomic mass is 35.5. The third-order valence-corrected chi connectivity index (χ3v) is 6.45. The minimum atomic E-state index is 0. The van der Waals surface area contributed by atoms with Crippen molar-refractivity contribution in [2.75, 3.05) is 25.2 Å². The van der Waals surface area contributed by atoms with Crippen molar-refractivity contribution < 1.29 is 4.74 Å². The highest BCUT2D eigenvalue weighted by Gasteiger charge is 2.34. The van der Waals surface area contributed by atoms with Crippen molar-refractivity contribution in [3.05, 3.63) is 45.8 Å². The molecule has 0 bridgehead atoms. The Hall–Kier alpha value is -2.11. The molecule has 0 spiro atoms. The van der Waals surface area contributed by atoms with E-state index in [4.69, 9.17) is 14.8 Å².